The number of benzene rings is 1. The zero-order valence-electron chi connectivity index (χ0n) is 10.1. The van der Waals surface area contributed by atoms with Crippen LogP contribution in [0.1, 0.15) is 43.7 Å². The highest BCUT2D eigenvalue weighted by Gasteiger charge is 1.92. The van der Waals surface area contributed by atoms with Gasteiger partial charge in [-0.1, -0.05) is 56.0 Å². The van der Waals surface area contributed by atoms with Gasteiger partial charge in [-0.05, 0) is 25.5 Å². The molecular weight excluding hydrogens is 182 g/mol. The van der Waals surface area contributed by atoms with Crippen LogP contribution in [0.5, 0.6) is 0 Å². The summed E-state index contributed by atoms with van der Waals surface area (Å²) in [4.78, 5) is 0. The van der Waals surface area contributed by atoms with Gasteiger partial charge in [0.2, 0.25) is 0 Å². The van der Waals surface area contributed by atoms with E-state index in [9.17, 15) is 0 Å². The van der Waals surface area contributed by atoms with E-state index >= 15 is 0 Å². The Hall–Kier alpha value is -0.820. The summed E-state index contributed by atoms with van der Waals surface area (Å²) >= 11 is 0. The zero-order chi connectivity index (χ0) is 10.9. The molecule has 0 fully saturated rings. The van der Waals surface area contributed by atoms with E-state index in [2.05, 4.69) is 43.4 Å². The third kappa shape index (κ3) is 5.58. The number of rotatable bonds is 7. The molecule has 0 aliphatic heterocycles. The van der Waals surface area contributed by atoms with E-state index in [1.807, 2.05) is 0 Å². The summed E-state index contributed by atoms with van der Waals surface area (Å²) < 4.78 is 0. The van der Waals surface area contributed by atoms with E-state index in [0.717, 1.165) is 13.1 Å². The van der Waals surface area contributed by atoms with Crippen molar-refractivity contribution in [3.8, 4) is 0 Å². The summed E-state index contributed by atoms with van der Waals surface area (Å²) in [5.41, 5.74) is 2.74. The zero-order valence-corrected chi connectivity index (χ0v) is 10.1. The highest BCUT2D eigenvalue weighted by molar-refractivity contribution is 5.21. The van der Waals surface area contributed by atoms with Gasteiger partial charge in [-0.15, -0.1) is 0 Å². The van der Waals surface area contributed by atoms with Crippen molar-refractivity contribution in [2.24, 2.45) is 0 Å². The van der Waals surface area contributed by atoms with Gasteiger partial charge in [-0.2, -0.15) is 0 Å². The summed E-state index contributed by atoms with van der Waals surface area (Å²) in [6, 6.07) is 8.71. The van der Waals surface area contributed by atoms with Crippen LogP contribution in [-0.2, 0) is 6.54 Å². The molecule has 0 unspecified atom stereocenters. The quantitative estimate of drug-likeness (QED) is 0.670. The third-order valence-electron chi connectivity index (χ3n) is 2.62. The van der Waals surface area contributed by atoms with Crippen molar-refractivity contribution in [2.45, 2.75) is 46.1 Å². The molecule has 1 rings (SSSR count). The summed E-state index contributed by atoms with van der Waals surface area (Å²) in [5.74, 6) is 0. The molecule has 0 radical (unpaired) electrons. The van der Waals surface area contributed by atoms with Crippen LogP contribution >= 0.6 is 0 Å². The summed E-state index contributed by atoms with van der Waals surface area (Å²) in [5, 5.41) is 3.49. The van der Waals surface area contributed by atoms with Gasteiger partial charge in [0.1, 0.15) is 0 Å². The van der Waals surface area contributed by atoms with Crippen LogP contribution < -0.4 is 5.32 Å². The molecule has 0 aliphatic rings. The van der Waals surface area contributed by atoms with Gasteiger partial charge >= 0.3 is 0 Å². The highest BCUT2D eigenvalue weighted by atomic mass is 14.8. The van der Waals surface area contributed by atoms with Crippen molar-refractivity contribution >= 4 is 0 Å². The van der Waals surface area contributed by atoms with Gasteiger partial charge in [-0.25, -0.2) is 0 Å². The minimum absolute atomic E-state index is 1.01. The average Bonchev–Trinajstić information content (AvgIpc) is 2.23. The SMILES string of the molecule is CCCCCCNCc1cccc(C)c1. The molecule has 0 saturated heterocycles. The Balaban J connectivity index is 2.10. The number of aryl methyl sites for hydroxylation is 1. The maximum atomic E-state index is 3.49. The van der Waals surface area contributed by atoms with E-state index in [-0.39, 0.29) is 0 Å². The second-order valence-corrected chi connectivity index (χ2v) is 4.23. The first-order valence-electron chi connectivity index (χ1n) is 6.09. The minimum atomic E-state index is 1.01. The van der Waals surface area contributed by atoms with Gasteiger partial charge in [0, 0.05) is 6.54 Å². The van der Waals surface area contributed by atoms with Gasteiger partial charge < -0.3 is 5.32 Å². The molecule has 0 bridgehead atoms. The molecule has 84 valence electrons. The standard InChI is InChI=1S/C14H23N/c1-3-4-5-6-10-15-12-14-9-7-8-13(2)11-14/h7-9,11,15H,3-6,10,12H2,1-2H3. The third-order valence-corrected chi connectivity index (χ3v) is 2.62. The molecule has 0 spiro atoms. The van der Waals surface area contributed by atoms with Gasteiger partial charge in [0.25, 0.3) is 0 Å². The molecule has 0 aliphatic carbocycles. The van der Waals surface area contributed by atoms with Crippen LogP contribution in [0.15, 0.2) is 24.3 Å². The van der Waals surface area contributed by atoms with E-state index in [1.165, 1.54) is 36.8 Å². The molecule has 0 aromatic heterocycles. The average molecular weight is 205 g/mol. The lowest BCUT2D eigenvalue weighted by atomic mass is 10.1. The topological polar surface area (TPSA) is 12.0 Å². The Labute approximate surface area is 93.9 Å². The fourth-order valence-electron chi connectivity index (χ4n) is 1.73. The van der Waals surface area contributed by atoms with Crippen LogP contribution in [0.25, 0.3) is 0 Å². The summed E-state index contributed by atoms with van der Waals surface area (Å²) in [7, 11) is 0. The summed E-state index contributed by atoms with van der Waals surface area (Å²) in [6.45, 7) is 6.55. The molecule has 0 atom stereocenters. The number of nitrogens with one attached hydrogen (secondary N) is 1. The second kappa shape index (κ2) is 7.47. The van der Waals surface area contributed by atoms with Crippen molar-refractivity contribution in [2.75, 3.05) is 6.54 Å². The molecule has 15 heavy (non-hydrogen) atoms. The first-order chi connectivity index (χ1) is 7.33. The normalized spacial score (nSPS) is 10.5. The molecule has 1 nitrogen and oxygen atoms in total. The van der Waals surface area contributed by atoms with Crippen LogP contribution in [0, 0.1) is 6.92 Å². The Morgan fingerprint density at radius 2 is 2.00 bits per heavy atom. The predicted octanol–water partition coefficient (Wildman–Crippen LogP) is 3.66. The molecule has 1 aromatic carbocycles. The molecule has 0 saturated carbocycles. The predicted molar refractivity (Wildman–Crippen MR) is 67.0 cm³/mol. The monoisotopic (exact) mass is 205 g/mol. The fraction of sp³-hybridized carbons (Fsp3) is 0.571. The van der Waals surface area contributed by atoms with Crippen LogP contribution in [0.4, 0.5) is 0 Å². The lowest BCUT2D eigenvalue weighted by Crippen LogP contribution is -2.14. The number of hydrogen-bond acceptors (Lipinski definition) is 1. The maximum Gasteiger partial charge on any atom is 0.0205 e. The maximum absolute atomic E-state index is 3.49. The summed E-state index contributed by atoms with van der Waals surface area (Å²) in [6.07, 6.45) is 5.35. The van der Waals surface area contributed by atoms with Crippen LogP contribution in [-0.4, -0.2) is 6.54 Å². The van der Waals surface area contributed by atoms with Crippen molar-refractivity contribution in [1.29, 1.82) is 0 Å². The van der Waals surface area contributed by atoms with Gasteiger partial charge in [0.15, 0.2) is 0 Å². The number of unbranched alkanes of at least 4 members (excludes halogenated alkanes) is 3. The van der Waals surface area contributed by atoms with Crippen molar-refractivity contribution in [1.82, 2.24) is 5.32 Å². The van der Waals surface area contributed by atoms with Crippen LogP contribution in [0.2, 0.25) is 0 Å². The first-order valence-corrected chi connectivity index (χ1v) is 6.09. The fourth-order valence-corrected chi connectivity index (χ4v) is 1.73. The molecule has 1 aromatic rings. The Kier molecular flexibility index (Phi) is 6.10. The first kappa shape index (κ1) is 12.3. The highest BCUT2D eigenvalue weighted by Crippen LogP contribution is 2.03. The van der Waals surface area contributed by atoms with Gasteiger partial charge in [-0.3, -0.25) is 0 Å². The Morgan fingerprint density at radius 1 is 1.13 bits per heavy atom. The Morgan fingerprint density at radius 3 is 2.73 bits per heavy atom. The lowest BCUT2D eigenvalue weighted by molar-refractivity contribution is 0.598. The molecule has 0 heterocycles. The van der Waals surface area contributed by atoms with Crippen molar-refractivity contribution < 1.29 is 0 Å². The molecule has 1 N–H and O–H groups in total. The van der Waals surface area contributed by atoms with Crippen molar-refractivity contribution in [3.05, 3.63) is 35.4 Å². The van der Waals surface area contributed by atoms with Crippen LogP contribution in [0.3, 0.4) is 0 Å². The number of hydrogen-bond donors (Lipinski definition) is 1. The van der Waals surface area contributed by atoms with Crippen molar-refractivity contribution in [3.63, 3.8) is 0 Å². The van der Waals surface area contributed by atoms with E-state index in [0.29, 0.717) is 0 Å². The molecule has 1 heteroatoms. The smallest absolute Gasteiger partial charge is 0.0205 e. The lowest BCUT2D eigenvalue weighted by Gasteiger charge is -2.05. The Bertz CT molecular complexity index is 268. The van der Waals surface area contributed by atoms with E-state index in [4.69, 9.17) is 0 Å². The minimum Gasteiger partial charge on any atom is -0.313 e. The largest absolute Gasteiger partial charge is 0.313 e. The van der Waals surface area contributed by atoms with Gasteiger partial charge in [0.05, 0.1) is 0 Å². The molecule has 0 amide bonds. The van der Waals surface area contributed by atoms with E-state index in [1.54, 1.807) is 0 Å². The molecular formula is C14H23N. The van der Waals surface area contributed by atoms with E-state index < -0.39 is 0 Å². The second-order valence-electron chi connectivity index (χ2n) is 4.23.